The van der Waals surface area contributed by atoms with Gasteiger partial charge in [-0.25, -0.2) is 4.74 Å². The van der Waals surface area contributed by atoms with Crippen molar-refractivity contribution in [3.63, 3.8) is 0 Å². The van der Waals surface area contributed by atoms with Crippen molar-refractivity contribution >= 4 is 21.7 Å². The van der Waals surface area contributed by atoms with Gasteiger partial charge in [0.05, 0.1) is 0 Å². The lowest BCUT2D eigenvalue weighted by atomic mass is 9.89. The van der Waals surface area contributed by atoms with Crippen molar-refractivity contribution in [1.82, 2.24) is 0 Å². The topological polar surface area (TPSA) is 63.6 Å². The molecule has 0 radical (unpaired) electrons. The van der Waals surface area contributed by atoms with Crippen molar-refractivity contribution in [2.75, 3.05) is 0 Å². The van der Waals surface area contributed by atoms with E-state index < -0.39 is 74.4 Å². The minimum absolute atomic E-state index is 0.991. The number of alkyl halides is 23. The third kappa shape index (κ3) is 4.90. The van der Waals surface area contributed by atoms with Crippen LogP contribution in [0.15, 0.2) is 0 Å². The largest absolute Gasteiger partial charge is 0.460 e. The Hall–Kier alpha value is -1.38. The first-order valence-electron chi connectivity index (χ1n) is 7.72. The molecular formula is C11HClF22O4S. The molecule has 0 aromatic rings. The minimum atomic E-state index is -9.37. The maximum atomic E-state index is 13.5. The summed E-state index contributed by atoms with van der Waals surface area (Å²) < 4.78 is 317. The summed E-state index contributed by atoms with van der Waals surface area (Å²) in [6, 6.07) is 0. The van der Waals surface area contributed by atoms with Crippen molar-refractivity contribution in [3.05, 3.63) is 0 Å². The Kier molecular flexibility index (Phi) is 8.74. The number of hydrogen-bond donors (Lipinski definition) is 1. The molecule has 0 bridgehead atoms. The molecule has 0 unspecified atom stereocenters. The van der Waals surface area contributed by atoms with Crippen molar-refractivity contribution < 1.29 is 114 Å². The fourth-order valence-corrected chi connectivity index (χ4v) is 2.24. The number of hydrogen-bond acceptors (Lipinski definition) is 3. The van der Waals surface area contributed by atoms with Crippen molar-refractivity contribution in [2.45, 2.75) is 64.3 Å². The maximum Gasteiger partial charge on any atom is 0.460 e. The summed E-state index contributed by atoms with van der Waals surface area (Å²) in [6.45, 7) is 0. The van der Waals surface area contributed by atoms with E-state index >= 15 is 0 Å². The van der Waals surface area contributed by atoms with Crippen LogP contribution < -0.4 is 0 Å². The highest BCUT2D eigenvalue weighted by molar-refractivity contribution is 7.86. The predicted octanol–water partition coefficient (Wildman–Crippen LogP) is 6.95. The molecule has 0 saturated carbocycles. The van der Waals surface area contributed by atoms with Gasteiger partial charge < -0.3 is 0 Å². The molecule has 28 heteroatoms. The summed E-state index contributed by atoms with van der Waals surface area (Å²) in [6.07, 6.45) is -16.5. The highest BCUT2D eigenvalue weighted by Gasteiger charge is 2.97. The highest BCUT2D eigenvalue weighted by atomic mass is 35.5. The van der Waals surface area contributed by atoms with Crippen LogP contribution in [0.5, 0.6) is 0 Å². The monoisotopic (exact) mass is 682 g/mol. The van der Waals surface area contributed by atoms with Gasteiger partial charge in [-0.2, -0.15) is 105 Å². The average molecular weight is 683 g/mol. The predicted molar refractivity (Wildman–Crippen MR) is 72.9 cm³/mol. The van der Waals surface area contributed by atoms with E-state index in [1.54, 1.807) is 0 Å². The Morgan fingerprint density at radius 3 is 0.897 bits per heavy atom. The van der Waals surface area contributed by atoms with E-state index in [0.717, 1.165) is 4.74 Å². The number of ether oxygens (including phenoxy) is 1. The molecule has 0 aliphatic rings. The second-order valence-corrected chi connectivity index (χ2v) is 8.58. The Morgan fingerprint density at radius 2 is 0.667 bits per heavy atom. The average Bonchev–Trinajstić information content (AvgIpc) is 2.63. The molecule has 0 spiro atoms. The quantitative estimate of drug-likeness (QED) is 0.138. The Bertz CT molecular complexity index is 1030. The summed E-state index contributed by atoms with van der Waals surface area (Å²) in [5.41, 5.74) is 0. The van der Waals surface area contributed by atoms with Gasteiger partial charge in [-0.15, -0.1) is 0 Å². The van der Waals surface area contributed by atoms with Crippen LogP contribution in [-0.4, -0.2) is 77.3 Å². The van der Waals surface area contributed by atoms with Crippen LogP contribution in [0.1, 0.15) is 0 Å². The summed E-state index contributed by atoms with van der Waals surface area (Å²) in [4.78, 5) is 0. The van der Waals surface area contributed by atoms with Gasteiger partial charge in [-0.1, -0.05) is 0 Å². The fourth-order valence-electron chi connectivity index (χ4n) is 1.78. The van der Waals surface area contributed by atoms with E-state index in [1.807, 2.05) is 0 Å². The van der Waals surface area contributed by atoms with Gasteiger partial charge in [-0.05, 0) is 11.6 Å². The molecule has 0 aromatic carbocycles. The molecule has 0 aliphatic carbocycles. The van der Waals surface area contributed by atoms with Crippen molar-refractivity contribution in [1.29, 1.82) is 0 Å². The van der Waals surface area contributed by atoms with Crippen LogP contribution in [0.25, 0.3) is 0 Å². The van der Waals surface area contributed by atoms with Gasteiger partial charge in [0.1, 0.15) is 0 Å². The van der Waals surface area contributed by atoms with E-state index in [-0.39, 0.29) is 0 Å². The van der Waals surface area contributed by atoms with Gasteiger partial charge in [0.15, 0.2) is 0 Å². The molecule has 39 heavy (non-hydrogen) atoms. The summed E-state index contributed by atoms with van der Waals surface area (Å²) in [5.74, 6) is -63.2. The SMILES string of the molecule is O=S(=O)(O)C(F)(F)C(F)(F)OC(F)(F)C(F)(F)C(F)(F)C(F)(F)C(F)(F)C(F)(F)C(F)(F)C(F)(F)C(F)(F)Cl. The molecule has 0 amide bonds. The molecule has 0 aliphatic heterocycles. The first-order valence-corrected chi connectivity index (χ1v) is 9.54. The second-order valence-electron chi connectivity index (χ2n) is 6.65. The van der Waals surface area contributed by atoms with E-state index in [2.05, 4.69) is 11.6 Å². The van der Waals surface area contributed by atoms with E-state index in [0.29, 0.717) is 0 Å². The molecule has 1 N–H and O–H groups in total. The van der Waals surface area contributed by atoms with Gasteiger partial charge in [0.25, 0.3) is 0 Å². The standard InChI is InChI=1S/C11HClF22O4S/c12-8(27,28)6(23,24)4(19,20)2(15,16)1(13,14)3(17,18)5(21,22)7(25,26)9(29,30)38-10(31,32)11(33,34)39(35,36)37/h(H,35,36,37). The van der Waals surface area contributed by atoms with Crippen molar-refractivity contribution in [3.8, 4) is 0 Å². The van der Waals surface area contributed by atoms with Crippen molar-refractivity contribution in [2.24, 2.45) is 0 Å². The zero-order valence-corrected chi connectivity index (χ0v) is 17.8. The molecule has 0 atom stereocenters. The Morgan fingerprint density at radius 1 is 0.436 bits per heavy atom. The molecule has 0 fully saturated rings. The third-order valence-corrected chi connectivity index (χ3v) is 5.13. The van der Waals surface area contributed by atoms with Crippen LogP contribution in [0.2, 0.25) is 0 Å². The smallest absolute Gasteiger partial charge is 0.281 e. The normalized spacial score (nSPS) is 17.0. The Labute approximate surface area is 201 Å². The Balaban J connectivity index is 7.07. The van der Waals surface area contributed by atoms with Crippen LogP contribution >= 0.6 is 11.6 Å². The van der Waals surface area contributed by atoms with Gasteiger partial charge in [0, 0.05) is 0 Å². The first kappa shape index (κ1) is 37.6. The molecule has 0 aromatic heterocycles. The van der Waals surface area contributed by atoms with Crippen LogP contribution in [0.4, 0.5) is 96.6 Å². The number of rotatable bonds is 12. The summed E-state index contributed by atoms with van der Waals surface area (Å²) in [5, 5.41) is -14.8. The number of halogens is 23. The summed E-state index contributed by atoms with van der Waals surface area (Å²) >= 11 is 3.23. The second kappa shape index (κ2) is 9.06. The lowest BCUT2D eigenvalue weighted by Crippen LogP contribution is -2.76. The van der Waals surface area contributed by atoms with Gasteiger partial charge in [0.2, 0.25) is 0 Å². The minimum Gasteiger partial charge on any atom is -0.281 e. The van der Waals surface area contributed by atoms with Crippen LogP contribution in [0.3, 0.4) is 0 Å². The first-order chi connectivity index (χ1) is 16.2. The lowest BCUT2D eigenvalue weighted by molar-refractivity contribution is -0.505. The van der Waals surface area contributed by atoms with E-state index in [1.165, 1.54) is 0 Å². The summed E-state index contributed by atoms with van der Waals surface area (Å²) in [7, 11) is -7.79. The highest BCUT2D eigenvalue weighted by Crippen LogP contribution is 2.65. The molecule has 4 nitrogen and oxygen atoms in total. The molecular weight excluding hydrogens is 682 g/mol. The molecule has 0 saturated heterocycles. The maximum absolute atomic E-state index is 13.5. The molecule has 0 rings (SSSR count). The molecule has 236 valence electrons. The zero-order valence-electron chi connectivity index (χ0n) is 16.3. The van der Waals surface area contributed by atoms with E-state index in [4.69, 9.17) is 4.55 Å². The van der Waals surface area contributed by atoms with Gasteiger partial charge in [-0.3, -0.25) is 4.55 Å². The van der Waals surface area contributed by atoms with Crippen LogP contribution in [0, 0.1) is 0 Å². The lowest BCUT2D eigenvalue weighted by Gasteiger charge is -2.44. The van der Waals surface area contributed by atoms with Gasteiger partial charge >= 0.3 is 74.4 Å². The zero-order chi connectivity index (χ0) is 32.7. The third-order valence-electron chi connectivity index (χ3n) is 4.01. The fraction of sp³-hybridized carbons (Fsp3) is 1.00. The van der Waals surface area contributed by atoms with Crippen LogP contribution in [-0.2, 0) is 14.9 Å². The van der Waals surface area contributed by atoms with E-state index in [9.17, 15) is 105 Å². The molecule has 0 heterocycles.